The third-order valence-corrected chi connectivity index (χ3v) is 3.59. The number of hydrogen-bond acceptors (Lipinski definition) is 6. The van der Waals surface area contributed by atoms with E-state index in [1.54, 1.807) is 7.11 Å². The van der Waals surface area contributed by atoms with E-state index in [0.717, 1.165) is 12.0 Å². The van der Waals surface area contributed by atoms with Crippen molar-refractivity contribution in [3.8, 4) is 11.5 Å². The molecule has 0 fully saturated rings. The summed E-state index contributed by atoms with van der Waals surface area (Å²) < 4.78 is 12.1. The first-order chi connectivity index (χ1) is 12.4. The Labute approximate surface area is 150 Å². The Balaban J connectivity index is 2.00. The highest BCUT2D eigenvalue weighted by atomic mass is 16.5. The number of carbonyl (C=O) groups excluding carboxylic acids is 1. The van der Waals surface area contributed by atoms with Crippen molar-refractivity contribution in [2.24, 2.45) is 0 Å². The molecule has 0 saturated carbocycles. The number of carboxylic acid groups (broad SMARTS) is 1. The molecule has 1 aromatic carbocycles. The molecule has 2 N–H and O–H groups in total. The molecule has 1 amide bonds. The van der Waals surface area contributed by atoms with Gasteiger partial charge in [0.05, 0.1) is 26.0 Å². The summed E-state index contributed by atoms with van der Waals surface area (Å²) in [6.07, 6.45) is 2.10. The average molecular weight is 362 g/mol. The first-order valence-corrected chi connectivity index (χ1v) is 8.18. The molecule has 140 valence electrons. The van der Waals surface area contributed by atoms with Crippen LogP contribution in [0, 0.1) is 0 Å². The van der Waals surface area contributed by atoms with E-state index in [4.69, 9.17) is 14.6 Å². The number of ether oxygens (including phenoxy) is 2. The second-order valence-corrected chi connectivity index (χ2v) is 5.65. The normalized spacial score (nSPS) is 11.7. The second kappa shape index (κ2) is 8.84. The molecular formula is C17H22N4O5. The molecule has 9 nitrogen and oxygen atoms in total. The van der Waals surface area contributed by atoms with Crippen LogP contribution in [0.15, 0.2) is 24.4 Å². The zero-order valence-corrected chi connectivity index (χ0v) is 14.9. The fourth-order valence-corrected chi connectivity index (χ4v) is 2.28. The van der Waals surface area contributed by atoms with Crippen LogP contribution in [-0.4, -0.2) is 45.7 Å². The Morgan fingerprint density at radius 3 is 2.73 bits per heavy atom. The van der Waals surface area contributed by atoms with Gasteiger partial charge in [0, 0.05) is 0 Å². The molecule has 2 rings (SSSR count). The third kappa shape index (κ3) is 4.95. The smallest absolute Gasteiger partial charge is 0.358 e. The quantitative estimate of drug-likeness (QED) is 0.697. The van der Waals surface area contributed by atoms with Gasteiger partial charge in [0.25, 0.3) is 0 Å². The molecule has 0 bridgehead atoms. The lowest BCUT2D eigenvalue weighted by Gasteiger charge is -2.17. The molecule has 1 atom stereocenters. The monoisotopic (exact) mass is 362 g/mol. The second-order valence-electron chi connectivity index (χ2n) is 5.65. The zero-order chi connectivity index (χ0) is 19.1. The van der Waals surface area contributed by atoms with Crippen LogP contribution in [0.3, 0.4) is 0 Å². The number of benzene rings is 1. The molecule has 9 heteroatoms. The summed E-state index contributed by atoms with van der Waals surface area (Å²) in [5.41, 5.74) is 0.641. The first-order valence-electron chi connectivity index (χ1n) is 8.18. The van der Waals surface area contributed by atoms with Gasteiger partial charge in [0.2, 0.25) is 5.91 Å². The predicted molar refractivity (Wildman–Crippen MR) is 92.3 cm³/mol. The van der Waals surface area contributed by atoms with Gasteiger partial charge in [0.1, 0.15) is 6.54 Å². The van der Waals surface area contributed by atoms with Crippen LogP contribution in [0.1, 0.15) is 42.4 Å². The first kappa shape index (κ1) is 19.2. The molecule has 1 heterocycles. The fraction of sp³-hybridized carbons (Fsp3) is 0.412. The number of aromatic nitrogens is 3. The number of nitrogens with zero attached hydrogens (tertiary/aromatic N) is 3. The van der Waals surface area contributed by atoms with Crippen molar-refractivity contribution < 1.29 is 24.2 Å². The van der Waals surface area contributed by atoms with Gasteiger partial charge in [-0.1, -0.05) is 18.2 Å². The number of aromatic carboxylic acids is 1. The van der Waals surface area contributed by atoms with E-state index in [1.165, 1.54) is 10.9 Å². The van der Waals surface area contributed by atoms with Crippen molar-refractivity contribution in [3.05, 3.63) is 35.7 Å². The summed E-state index contributed by atoms with van der Waals surface area (Å²) >= 11 is 0. The standard InChI is InChI=1S/C17H22N4O5/c1-4-7-26-14-6-5-12(8-15(14)25-3)11(2)18-16(22)10-21-9-13(17(23)24)19-20-21/h5-6,8-9,11H,4,7,10H2,1-3H3,(H,18,22)(H,23,24). The van der Waals surface area contributed by atoms with Crippen LogP contribution in [0.4, 0.5) is 0 Å². The highest BCUT2D eigenvalue weighted by Gasteiger charge is 2.15. The molecule has 0 radical (unpaired) electrons. The molecule has 1 unspecified atom stereocenters. The number of rotatable bonds is 9. The van der Waals surface area contributed by atoms with Crippen molar-refractivity contribution in [1.82, 2.24) is 20.3 Å². The van der Waals surface area contributed by atoms with Crippen LogP contribution in [-0.2, 0) is 11.3 Å². The number of hydrogen-bond donors (Lipinski definition) is 2. The number of methoxy groups -OCH3 is 1. The van der Waals surface area contributed by atoms with Crippen LogP contribution in [0.5, 0.6) is 11.5 Å². The molecule has 1 aromatic heterocycles. The Morgan fingerprint density at radius 2 is 2.12 bits per heavy atom. The summed E-state index contributed by atoms with van der Waals surface area (Å²) in [4.78, 5) is 22.9. The largest absolute Gasteiger partial charge is 0.493 e. The summed E-state index contributed by atoms with van der Waals surface area (Å²) in [6, 6.07) is 5.20. The Kier molecular flexibility index (Phi) is 6.54. The van der Waals surface area contributed by atoms with E-state index in [1.807, 2.05) is 32.0 Å². The van der Waals surface area contributed by atoms with Gasteiger partial charge in [-0.3, -0.25) is 4.79 Å². The van der Waals surface area contributed by atoms with Crippen LogP contribution in [0.25, 0.3) is 0 Å². The summed E-state index contributed by atoms with van der Waals surface area (Å²) in [5.74, 6) is -0.257. The maximum Gasteiger partial charge on any atom is 0.358 e. The lowest BCUT2D eigenvalue weighted by molar-refractivity contribution is -0.122. The molecule has 2 aromatic rings. The maximum atomic E-state index is 12.1. The van der Waals surface area contributed by atoms with E-state index >= 15 is 0 Å². The molecule has 0 saturated heterocycles. The van der Waals surface area contributed by atoms with Gasteiger partial charge >= 0.3 is 5.97 Å². The lowest BCUT2D eigenvalue weighted by atomic mass is 10.1. The van der Waals surface area contributed by atoms with Crippen LogP contribution >= 0.6 is 0 Å². The van der Waals surface area contributed by atoms with Crippen LogP contribution < -0.4 is 14.8 Å². The van der Waals surface area contributed by atoms with Gasteiger partial charge in [-0.15, -0.1) is 5.10 Å². The Morgan fingerprint density at radius 1 is 1.35 bits per heavy atom. The van der Waals surface area contributed by atoms with Crippen molar-refractivity contribution in [1.29, 1.82) is 0 Å². The molecule has 0 spiro atoms. The minimum atomic E-state index is -1.19. The average Bonchev–Trinajstić information content (AvgIpc) is 3.08. The number of nitrogens with one attached hydrogen (secondary N) is 1. The van der Waals surface area contributed by atoms with Crippen LogP contribution in [0.2, 0.25) is 0 Å². The SMILES string of the molecule is CCCOc1ccc(C(C)NC(=O)Cn2cc(C(=O)O)nn2)cc1OC. The Hall–Kier alpha value is -3.10. The predicted octanol–water partition coefficient (Wildman–Crippen LogP) is 1.65. The molecular weight excluding hydrogens is 340 g/mol. The summed E-state index contributed by atoms with van der Waals surface area (Å²) in [5, 5.41) is 18.7. The topological polar surface area (TPSA) is 116 Å². The molecule has 26 heavy (non-hydrogen) atoms. The maximum absolute atomic E-state index is 12.1. The minimum absolute atomic E-state index is 0.126. The van der Waals surface area contributed by atoms with Gasteiger partial charge in [-0.05, 0) is 31.0 Å². The van der Waals surface area contributed by atoms with Crippen molar-refractivity contribution in [2.75, 3.05) is 13.7 Å². The van der Waals surface area contributed by atoms with E-state index < -0.39 is 5.97 Å². The van der Waals surface area contributed by atoms with Gasteiger partial charge in [-0.25, -0.2) is 9.48 Å². The van der Waals surface area contributed by atoms with Gasteiger partial charge in [0.15, 0.2) is 17.2 Å². The van der Waals surface area contributed by atoms with Crippen molar-refractivity contribution in [3.63, 3.8) is 0 Å². The summed E-state index contributed by atoms with van der Waals surface area (Å²) in [6.45, 7) is 4.33. The molecule has 0 aliphatic carbocycles. The van der Waals surface area contributed by atoms with Crippen molar-refractivity contribution >= 4 is 11.9 Å². The fourth-order valence-electron chi connectivity index (χ4n) is 2.28. The van der Waals surface area contributed by atoms with Gasteiger partial charge < -0.3 is 19.9 Å². The highest BCUT2D eigenvalue weighted by Crippen LogP contribution is 2.30. The van der Waals surface area contributed by atoms with E-state index in [9.17, 15) is 9.59 Å². The number of carboxylic acids is 1. The van der Waals surface area contributed by atoms with E-state index in [2.05, 4.69) is 15.6 Å². The van der Waals surface area contributed by atoms with E-state index in [-0.39, 0.29) is 24.2 Å². The Bertz CT molecular complexity index is 774. The lowest BCUT2D eigenvalue weighted by Crippen LogP contribution is -2.30. The summed E-state index contributed by atoms with van der Waals surface area (Å²) in [7, 11) is 1.56. The van der Waals surface area contributed by atoms with E-state index in [0.29, 0.717) is 18.1 Å². The number of amides is 1. The molecule has 0 aliphatic rings. The number of carbonyl (C=O) groups is 2. The highest BCUT2D eigenvalue weighted by molar-refractivity contribution is 5.84. The minimum Gasteiger partial charge on any atom is -0.493 e. The van der Waals surface area contributed by atoms with Crippen molar-refractivity contribution in [2.45, 2.75) is 32.9 Å². The third-order valence-electron chi connectivity index (χ3n) is 3.59. The molecule has 0 aliphatic heterocycles. The zero-order valence-electron chi connectivity index (χ0n) is 14.9. The van der Waals surface area contributed by atoms with Gasteiger partial charge in [-0.2, -0.15) is 0 Å².